The largest absolute Gasteiger partial charge is 2.00 e. The van der Waals surface area contributed by atoms with Gasteiger partial charge in [-0.15, -0.1) is 11.4 Å². The first-order chi connectivity index (χ1) is 12.2. The molecule has 0 aromatic carbocycles. The van der Waals surface area contributed by atoms with Crippen molar-refractivity contribution in [2.24, 2.45) is 0 Å². The normalized spacial score (nSPS) is 10.4. The molecular formula is C20H42CaN6+4. The molecule has 0 bridgehead atoms. The van der Waals surface area contributed by atoms with E-state index in [9.17, 15) is 0 Å². The number of hydrogen-bond acceptors (Lipinski definition) is 0. The zero-order valence-electron chi connectivity index (χ0n) is 18.9. The summed E-state index contributed by atoms with van der Waals surface area (Å²) >= 11 is 0. The van der Waals surface area contributed by atoms with Crippen LogP contribution in [0.1, 0.15) is 11.4 Å². The molecule has 2 rings (SSSR count). The van der Waals surface area contributed by atoms with Crippen LogP contribution >= 0.6 is 0 Å². The minimum atomic E-state index is 0. The van der Waals surface area contributed by atoms with Crippen molar-refractivity contribution in [3.8, 4) is 0 Å². The molecule has 27 heavy (non-hydrogen) atoms. The van der Waals surface area contributed by atoms with Crippen molar-refractivity contribution in [2.75, 3.05) is 69.5 Å². The molecule has 0 amide bonds. The second kappa shape index (κ2) is 17.7. The topological polar surface area (TPSA) is 46.0 Å². The molecule has 0 unspecified atom stereocenters. The second-order valence-electron chi connectivity index (χ2n) is 7.94. The number of nitrogens with zero attached hydrogens (tertiary/aromatic N) is 2. The summed E-state index contributed by atoms with van der Waals surface area (Å²) in [4.78, 5) is 14.2. The predicted octanol–water partition coefficient (Wildman–Crippen LogP) is -4.53. The Morgan fingerprint density at radius 3 is 1.11 bits per heavy atom. The molecule has 150 valence electrons. The average molecular weight is 407 g/mol. The molecule has 0 saturated carbocycles. The standard InChI is InChI=1S/2C7H11N2.C6H16N2.Ca/c2*1-9(2)6-7-4-3-5-8-7;1-7(2)5-6-8(3)4;/h2*3-5H,6H2,1-2H3;5-6H2,1-4H3;/q2*-1;;+2/p+4. The van der Waals surface area contributed by atoms with E-state index in [0.717, 1.165) is 13.1 Å². The second-order valence-corrected chi connectivity index (χ2v) is 7.94. The fourth-order valence-corrected chi connectivity index (χ4v) is 2.11. The molecule has 0 aliphatic heterocycles. The summed E-state index contributed by atoms with van der Waals surface area (Å²) < 4.78 is 0. The van der Waals surface area contributed by atoms with Crippen molar-refractivity contribution in [3.63, 3.8) is 0 Å². The van der Waals surface area contributed by atoms with Crippen LogP contribution in [0.15, 0.2) is 36.7 Å². The van der Waals surface area contributed by atoms with Crippen LogP contribution in [-0.4, -0.2) is 107 Å². The molecule has 6 nitrogen and oxygen atoms in total. The Bertz CT molecular complexity index is 458. The maximum atomic E-state index is 4.14. The maximum Gasteiger partial charge on any atom is 2.00 e. The number of hydrogen-bond donors (Lipinski definition) is 4. The first-order valence-electron chi connectivity index (χ1n) is 9.50. The van der Waals surface area contributed by atoms with Gasteiger partial charge in [0, 0.05) is 0 Å². The molecular weight excluding hydrogens is 364 g/mol. The van der Waals surface area contributed by atoms with E-state index >= 15 is 0 Å². The Hall–Kier alpha value is -0.340. The van der Waals surface area contributed by atoms with Gasteiger partial charge < -0.3 is 29.6 Å². The summed E-state index contributed by atoms with van der Waals surface area (Å²) in [7, 11) is 17.2. The molecule has 0 saturated heterocycles. The van der Waals surface area contributed by atoms with Gasteiger partial charge in [0.2, 0.25) is 0 Å². The minimum Gasteiger partial charge on any atom is -0.663 e. The van der Waals surface area contributed by atoms with Crippen molar-refractivity contribution in [3.05, 3.63) is 48.0 Å². The average Bonchev–Trinajstić information content (AvgIpc) is 3.19. The van der Waals surface area contributed by atoms with Crippen LogP contribution in [0.2, 0.25) is 0 Å². The third-order valence-electron chi connectivity index (χ3n) is 3.42. The molecule has 0 spiro atoms. The van der Waals surface area contributed by atoms with Gasteiger partial charge in [-0.3, -0.25) is 0 Å². The Balaban J connectivity index is 0. The van der Waals surface area contributed by atoms with E-state index in [4.69, 9.17) is 0 Å². The van der Waals surface area contributed by atoms with Gasteiger partial charge in [0.1, 0.15) is 13.1 Å². The summed E-state index contributed by atoms with van der Waals surface area (Å²) in [5, 5.41) is 0. The van der Waals surface area contributed by atoms with Crippen LogP contribution in [0, 0.1) is 0 Å². The Labute approximate surface area is 196 Å². The molecule has 2 aromatic rings. The van der Waals surface area contributed by atoms with E-state index in [1.54, 1.807) is 0 Å². The number of quaternary nitrogens is 4. The van der Waals surface area contributed by atoms with Crippen LogP contribution in [0.5, 0.6) is 0 Å². The summed E-state index contributed by atoms with van der Waals surface area (Å²) in [6.45, 7) is 4.57. The monoisotopic (exact) mass is 406 g/mol. The smallest absolute Gasteiger partial charge is 0.663 e. The van der Waals surface area contributed by atoms with Crippen molar-refractivity contribution >= 4 is 37.7 Å². The van der Waals surface area contributed by atoms with Gasteiger partial charge in [-0.25, -0.2) is 0 Å². The zero-order valence-corrected chi connectivity index (χ0v) is 21.1. The van der Waals surface area contributed by atoms with Crippen molar-refractivity contribution in [1.29, 1.82) is 0 Å². The Morgan fingerprint density at radius 1 is 0.593 bits per heavy atom. The number of likely N-dealkylation sites (N-methyl/N-ethyl adjacent to an activating group) is 2. The number of rotatable bonds is 7. The van der Waals surface area contributed by atoms with E-state index in [0.29, 0.717) is 0 Å². The van der Waals surface area contributed by atoms with Crippen LogP contribution < -0.4 is 29.6 Å². The minimum absolute atomic E-state index is 0. The SMILES string of the molecule is C[NH+](C)CC[NH+](C)C.C[NH+](C)Cc1ccc[n-]1.C[NH+](C)Cc1ccc[n-]1.[Ca+2]. The van der Waals surface area contributed by atoms with Gasteiger partial charge >= 0.3 is 37.7 Å². The van der Waals surface area contributed by atoms with Gasteiger partial charge in [-0.2, -0.15) is 12.4 Å². The molecule has 0 aliphatic rings. The molecule has 4 N–H and O–H groups in total. The molecule has 7 heteroatoms. The van der Waals surface area contributed by atoms with E-state index in [1.165, 1.54) is 44.1 Å². The summed E-state index contributed by atoms with van der Waals surface area (Å²) in [5.74, 6) is 0. The molecule has 2 heterocycles. The van der Waals surface area contributed by atoms with Crippen molar-refractivity contribution in [2.45, 2.75) is 13.1 Å². The van der Waals surface area contributed by atoms with Crippen molar-refractivity contribution in [1.82, 2.24) is 9.97 Å². The summed E-state index contributed by atoms with van der Waals surface area (Å²) in [5.41, 5.74) is 2.35. The molecule has 0 atom stereocenters. The van der Waals surface area contributed by atoms with E-state index in [2.05, 4.69) is 66.3 Å². The van der Waals surface area contributed by atoms with Gasteiger partial charge in [-0.05, 0) is 0 Å². The van der Waals surface area contributed by atoms with E-state index in [-0.39, 0.29) is 37.7 Å². The Kier molecular flexibility index (Phi) is 19.0. The molecule has 0 aliphatic carbocycles. The Morgan fingerprint density at radius 2 is 0.926 bits per heavy atom. The van der Waals surface area contributed by atoms with Gasteiger partial charge in [0.05, 0.1) is 69.5 Å². The van der Waals surface area contributed by atoms with Gasteiger partial charge in [0.25, 0.3) is 0 Å². The van der Waals surface area contributed by atoms with E-state index in [1.807, 2.05) is 36.7 Å². The summed E-state index contributed by atoms with van der Waals surface area (Å²) in [6, 6.07) is 8.04. The first-order valence-corrected chi connectivity index (χ1v) is 9.50. The third-order valence-corrected chi connectivity index (χ3v) is 3.42. The molecule has 0 radical (unpaired) electrons. The maximum absolute atomic E-state index is 4.14. The molecule has 0 fully saturated rings. The van der Waals surface area contributed by atoms with Crippen LogP contribution in [-0.2, 0) is 13.1 Å². The van der Waals surface area contributed by atoms with Gasteiger partial charge in [0.15, 0.2) is 0 Å². The van der Waals surface area contributed by atoms with Crippen LogP contribution in [0.25, 0.3) is 0 Å². The zero-order chi connectivity index (χ0) is 19.9. The van der Waals surface area contributed by atoms with Gasteiger partial charge in [-0.1, -0.05) is 24.3 Å². The third kappa shape index (κ3) is 20.2. The van der Waals surface area contributed by atoms with Crippen molar-refractivity contribution < 1.29 is 19.6 Å². The number of nitrogens with one attached hydrogen (secondary N) is 4. The van der Waals surface area contributed by atoms with Crippen LogP contribution in [0.3, 0.4) is 0 Å². The van der Waals surface area contributed by atoms with Crippen LogP contribution in [0.4, 0.5) is 0 Å². The quantitative estimate of drug-likeness (QED) is 0.350. The predicted molar refractivity (Wildman–Crippen MR) is 114 cm³/mol. The fourth-order valence-electron chi connectivity index (χ4n) is 2.11. The number of aromatic nitrogens is 2. The first kappa shape index (κ1) is 28.9. The molecule has 2 aromatic heterocycles. The summed E-state index contributed by atoms with van der Waals surface area (Å²) in [6.07, 6.45) is 3.66. The van der Waals surface area contributed by atoms with E-state index < -0.39 is 0 Å². The fraction of sp³-hybridized carbons (Fsp3) is 0.600.